The standard InChI is InChI=1S/C33H48O6/c1-31(2)23-33(38-29-21-25(13-15-27(29)31)36-19-11-7-5-9-17-34)24-32(3,4)28-16-14-26(22-30(28)39-33)37-20-12-8-6-10-18-35/h13-16,21-22,34-35H,5-12,17-20,23-24H2,1-4H3. The van der Waals surface area contributed by atoms with Crippen LogP contribution in [0.1, 0.15) is 103 Å². The molecule has 0 aliphatic carbocycles. The Bertz CT molecular complexity index is 990. The van der Waals surface area contributed by atoms with E-state index in [4.69, 9.17) is 29.2 Å². The number of fused-ring (bicyclic) bond motifs is 2. The molecule has 0 bridgehead atoms. The van der Waals surface area contributed by atoms with E-state index in [1.165, 1.54) is 11.1 Å². The lowest BCUT2D eigenvalue weighted by Crippen LogP contribution is -2.55. The molecule has 0 aromatic heterocycles. The minimum atomic E-state index is -0.779. The summed E-state index contributed by atoms with van der Waals surface area (Å²) in [5.74, 6) is 2.51. The summed E-state index contributed by atoms with van der Waals surface area (Å²) in [5, 5.41) is 17.9. The third-order valence-corrected chi connectivity index (χ3v) is 8.02. The van der Waals surface area contributed by atoms with Gasteiger partial charge in [-0.2, -0.15) is 0 Å². The molecule has 0 atom stereocenters. The molecule has 2 aliphatic rings. The molecular formula is C33H48O6. The normalized spacial score (nSPS) is 18.0. The molecule has 0 radical (unpaired) electrons. The first-order valence-corrected chi connectivity index (χ1v) is 14.8. The first-order chi connectivity index (χ1) is 18.7. The number of hydrogen-bond donors (Lipinski definition) is 2. The Hall–Kier alpha value is -2.44. The van der Waals surface area contributed by atoms with Gasteiger partial charge in [-0.25, -0.2) is 0 Å². The monoisotopic (exact) mass is 540 g/mol. The molecule has 0 fully saturated rings. The number of unbranched alkanes of at least 4 members (excludes halogenated alkanes) is 6. The zero-order valence-electron chi connectivity index (χ0n) is 24.4. The van der Waals surface area contributed by atoms with Crippen molar-refractivity contribution in [1.29, 1.82) is 0 Å². The molecule has 6 heteroatoms. The zero-order chi connectivity index (χ0) is 27.9. The van der Waals surface area contributed by atoms with Crippen LogP contribution in [0.25, 0.3) is 0 Å². The quantitative estimate of drug-likeness (QED) is 0.250. The zero-order valence-corrected chi connectivity index (χ0v) is 24.4. The van der Waals surface area contributed by atoms with Gasteiger partial charge in [-0.1, -0.05) is 52.7 Å². The number of benzene rings is 2. The van der Waals surface area contributed by atoms with Crippen LogP contribution < -0.4 is 18.9 Å². The number of ether oxygens (including phenoxy) is 4. The van der Waals surface area contributed by atoms with Crippen LogP contribution in [-0.4, -0.2) is 42.4 Å². The summed E-state index contributed by atoms with van der Waals surface area (Å²) in [6, 6.07) is 12.4. The molecule has 1 spiro atoms. The van der Waals surface area contributed by atoms with Gasteiger partial charge >= 0.3 is 0 Å². The smallest absolute Gasteiger partial charge is 0.252 e. The Labute approximate surface area is 234 Å². The van der Waals surface area contributed by atoms with E-state index in [0.717, 1.165) is 87.2 Å². The summed E-state index contributed by atoms with van der Waals surface area (Å²) >= 11 is 0. The van der Waals surface area contributed by atoms with Gasteiger partial charge in [-0.05, 0) is 50.7 Å². The van der Waals surface area contributed by atoms with Crippen molar-refractivity contribution in [2.24, 2.45) is 0 Å². The molecule has 0 saturated heterocycles. The van der Waals surface area contributed by atoms with Crippen molar-refractivity contribution >= 4 is 0 Å². The average Bonchev–Trinajstić information content (AvgIpc) is 2.86. The van der Waals surface area contributed by atoms with Gasteiger partial charge < -0.3 is 29.2 Å². The van der Waals surface area contributed by atoms with Gasteiger partial charge in [0.15, 0.2) is 0 Å². The highest BCUT2D eigenvalue weighted by Crippen LogP contribution is 2.54. The summed E-state index contributed by atoms with van der Waals surface area (Å²) in [5.41, 5.74) is 2.09. The maximum absolute atomic E-state index is 8.96. The highest BCUT2D eigenvalue weighted by atomic mass is 16.7. The van der Waals surface area contributed by atoms with E-state index in [-0.39, 0.29) is 24.0 Å². The maximum Gasteiger partial charge on any atom is 0.252 e. The lowest BCUT2D eigenvalue weighted by Gasteiger charge is -2.51. The van der Waals surface area contributed by atoms with Crippen LogP contribution in [0.4, 0.5) is 0 Å². The molecule has 0 unspecified atom stereocenters. The fraction of sp³-hybridized carbons (Fsp3) is 0.636. The highest BCUT2D eigenvalue weighted by Gasteiger charge is 2.53. The SMILES string of the molecule is CC1(C)CC2(CC(C)(C)c3ccc(OCCCCCCO)cc3O2)Oc2cc(OCCCCCCO)ccc21. The van der Waals surface area contributed by atoms with Gasteiger partial charge in [-0.15, -0.1) is 0 Å². The van der Waals surface area contributed by atoms with Crippen molar-refractivity contribution in [1.82, 2.24) is 0 Å². The molecule has 2 heterocycles. The van der Waals surface area contributed by atoms with Crippen LogP contribution in [0.2, 0.25) is 0 Å². The Morgan fingerprint density at radius 1 is 0.615 bits per heavy atom. The molecule has 2 aliphatic heterocycles. The molecule has 2 aromatic carbocycles. The lowest BCUT2D eigenvalue weighted by atomic mass is 9.69. The van der Waals surface area contributed by atoms with E-state index < -0.39 is 5.79 Å². The summed E-state index contributed by atoms with van der Waals surface area (Å²) in [6.45, 7) is 10.9. The van der Waals surface area contributed by atoms with Crippen LogP contribution >= 0.6 is 0 Å². The summed E-state index contributed by atoms with van der Waals surface area (Å²) in [4.78, 5) is 0. The van der Waals surface area contributed by atoms with E-state index in [1.54, 1.807) is 0 Å². The third-order valence-electron chi connectivity index (χ3n) is 8.02. The predicted octanol–water partition coefficient (Wildman–Crippen LogP) is 7.07. The molecule has 6 nitrogen and oxygen atoms in total. The van der Waals surface area contributed by atoms with Crippen molar-refractivity contribution in [3.05, 3.63) is 47.5 Å². The fourth-order valence-electron chi connectivity index (χ4n) is 6.15. The minimum Gasteiger partial charge on any atom is -0.493 e. The maximum atomic E-state index is 8.96. The van der Waals surface area contributed by atoms with Crippen molar-refractivity contribution in [3.8, 4) is 23.0 Å². The molecular weight excluding hydrogens is 492 g/mol. The summed E-state index contributed by atoms with van der Waals surface area (Å²) in [6.07, 6.45) is 9.28. The second-order valence-electron chi connectivity index (χ2n) is 12.5. The largest absolute Gasteiger partial charge is 0.493 e. The molecule has 216 valence electrons. The first kappa shape index (κ1) is 29.5. The topological polar surface area (TPSA) is 77.4 Å². The second-order valence-corrected chi connectivity index (χ2v) is 12.5. The van der Waals surface area contributed by atoms with Gasteiger partial charge in [0, 0.05) is 60.1 Å². The van der Waals surface area contributed by atoms with E-state index >= 15 is 0 Å². The molecule has 4 rings (SSSR count). The van der Waals surface area contributed by atoms with Crippen LogP contribution in [0.3, 0.4) is 0 Å². The van der Waals surface area contributed by atoms with Crippen LogP contribution in [0.15, 0.2) is 36.4 Å². The van der Waals surface area contributed by atoms with Gasteiger partial charge in [0.1, 0.15) is 23.0 Å². The molecule has 0 saturated carbocycles. The van der Waals surface area contributed by atoms with E-state index in [9.17, 15) is 0 Å². The average molecular weight is 541 g/mol. The number of hydrogen-bond acceptors (Lipinski definition) is 6. The van der Waals surface area contributed by atoms with Crippen LogP contribution in [0.5, 0.6) is 23.0 Å². The molecule has 2 aromatic rings. The van der Waals surface area contributed by atoms with E-state index in [2.05, 4.69) is 39.8 Å². The lowest BCUT2D eigenvalue weighted by molar-refractivity contribution is -0.166. The first-order valence-electron chi connectivity index (χ1n) is 14.8. The fourth-order valence-corrected chi connectivity index (χ4v) is 6.15. The summed E-state index contributed by atoms with van der Waals surface area (Å²) < 4.78 is 25.7. The number of aliphatic hydroxyl groups excluding tert-OH is 2. The Kier molecular flexibility index (Phi) is 9.71. The van der Waals surface area contributed by atoms with Crippen molar-refractivity contribution < 1.29 is 29.2 Å². The Balaban J connectivity index is 1.48. The van der Waals surface area contributed by atoms with Gasteiger partial charge in [-0.3, -0.25) is 0 Å². The third kappa shape index (κ3) is 7.40. The van der Waals surface area contributed by atoms with Gasteiger partial charge in [0.25, 0.3) is 5.79 Å². The van der Waals surface area contributed by atoms with Crippen molar-refractivity contribution in [2.75, 3.05) is 26.4 Å². The van der Waals surface area contributed by atoms with Gasteiger partial charge in [0.2, 0.25) is 0 Å². The van der Waals surface area contributed by atoms with Gasteiger partial charge in [0.05, 0.1) is 13.2 Å². The molecule has 2 N–H and O–H groups in total. The second kappa shape index (κ2) is 12.8. The minimum absolute atomic E-state index is 0.132. The predicted molar refractivity (Wildman–Crippen MR) is 154 cm³/mol. The highest BCUT2D eigenvalue weighted by molar-refractivity contribution is 5.50. The van der Waals surface area contributed by atoms with E-state index in [0.29, 0.717) is 13.2 Å². The van der Waals surface area contributed by atoms with Crippen molar-refractivity contribution in [2.45, 2.75) is 109 Å². The molecule has 0 amide bonds. The Morgan fingerprint density at radius 2 is 1.03 bits per heavy atom. The number of aliphatic hydroxyl groups is 2. The number of rotatable bonds is 14. The van der Waals surface area contributed by atoms with E-state index in [1.807, 2.05) is 24.3 Å². The molecule has 39 heavy (non-hydrogen) atoms. The van der Waals surface area contributed by atoms with Crippen LogP contribution in [-0.2, 0) is 10.8 Å². The van der Waals surface area contributed by atoms with Crippen LogP contribution in [0, 0.1) is 0 Å². The van der Waals surface area contributed by atoms with Crippen molar-refractivity contribution in [3.63, 3.8) is 0 Å². The Morgan fingerprint density at radius 3 is 1.44 bits per heavy atom. The summed E-state index contributed by atoms with van der Waals surface area (Å²) in [7, 11) is 0.